The molecule has 44 heavy (non-hydrogen) atoms. The second-order valence-electron chi connectivity index (χ2n) is 17.6. The molecule has 7 rings (SSSR count). The molecule has 1 heterocycles. The Bertz CT molecular complexity index is 1350. The van der Waals surface area contributed by atoms with Crippen molar-refractivity contribution in [3.63, 3.8) is 0 Å². The molecule has 0 bridgehead atoms. The number of ether oxygens (including phenoxy) is 1. The number of carbonyl (C=O) groups excluding carboxylic acids is 3. The Balaban J connectivity index is 1.26. The molecule has 9 atom stereocenters. The number of carbonyl (C=O) groups is 3. The van der Waals surface area contributed by atoms with E-state index in [2.05, 4.69) is 41.5 Å². The van der Waals surface area contributed by atoms with Crippen molar-refractivity contribution >= 4 is 17.7 Å². The van der Waals surface area contributed by atoms with E-state index in [0.29, 0.717) is 12.3 Å². The number of piperidine rings is 1. The van der Waals surface area contributed by atoms with Crippen LogP contribution in [0.25, 0.3) is 0 Å². The average Bonchev–Trinajstić information content (AvgIpc) is 3.46. The van der Waals surface area contributed by atoms with Crippen molar-refractivity contribution in [3.8, 4) is 0 Å². The van der Waals surface area contributed by atoms with Gasteiger partial charge in [-0.1, -0.05) is 41.5 Å². The smallest absolute Gasteiger partial charge is 0.302 e. The Morgan fingerprint density at radius 2 is 1.50 bits per heavy atom. The summed E-state index contributed by atoms with van der Waals surface area (Å²) in [5.41, 5.74) is 1.49. The predicted octanol–water partition coefficient (Wildman–Crippen LogP) is 7.91. The van der Waals surface area contributed by atoms with E-state index in [0.717, 1.165) is 62.5 Å². The Kier molecular flexibility index (Phi) is 6.43. The second-order valence-corrected chi connectivity index (χ2v) is 17.6. The normalized spacial score (nSPS) is 49.0. The highest BCUT2D eigenvalue weighted by molar-refractivity contribution is 6.07. The Labute approximate surface area is 262 Å². The maximum absolute atomic E-state index is 14.5. The van der Waals surface area contributed by atoms with E-state index in [-0.39, 0.29) is 95.0 Å². The SMILES string of the molecule is CC(=O)O[C@H]1CC[C@]2(C)C3CC[C@@H]4C5=C(C(C)C)C(=O)C[C@]5(C(=O)N5CCC(F)(F)CC5)CC[C@@]4(C)[C@]3(C)CC[C@]23CC13C. The van der Waals surface area contributed by atoms with E-state index in [9.17, 15) is 23.2 Å². The van der Waals surface area contributed by atoms with Gasteiger partial charge >= 0.3 is 5.97 Å². The first-order valence-electron chi connectivity index (χ1n) is 17.5. The molecule has 6 aliphatic carbocycles. The van der Waals surface area contributed by atoms with Gasteiger partial charge in [0, 0.05) is 44.7 Å². The number of amides is 1. The summed E-state index contributed by atoms with van der Waals surface area (Å²) in [6.45, 7) is 15.8. The summed E-state index contributed by atoms with van der Waals surface area (Å²) in [6, 6.07) is 0. The van der Waals surface area contributed by atoms with Crippen molar-refractivity contribution in [1.82, 2.24) is 4.90 Å². The van der Waals surface area contributed by atoms with Crippen LogP contribution in [-0.2, 0) is 19.1 Å². The molecule has 6 fully saturated rings. The first-order chi connectivity index (χ1) is 20.4. The summed E-state index contributed by atoms with van der Waals surface area (Å²) in [7, 11) is 0. The molecule has 0 aromatic rings. The fourth-order valence-corrected chi connectivity index (χ4v) is 13.4. The standard InChI is InChI=1S/C37H53F2NO4/c1-22(2)28-25(42)20-35(30(43)40-18-16-37(38,39)17-19-40)14-12-31(4)24(29(28)35)8-9-26-32(31,5)13-15-36-21-34(36,7)27(44-23(3)41)10-11-33(26,36)6/h22,24,26-27H,8-21H2,1-7H3/t24-,26?,27+,31-,32-,33-,34?,35-,36+/m1/s1. The highest BCUT2D eigenvalue weighted by Crippen LogP contribution is 2.87. The largest absolute Gasteiger partial charge is 0.462 e. The van der Waals surface area contributed by atoms with Crippen molar-refractivity contribution < 1.29 is 27.9 Å². The summed E-state index contributed by atoms with van der Waals surface area (Å²) in [6.07, 6.45) is 8.57. The van der Waals surface area contributed by atoms with Crippen LogP contribution in [0.4, 0.5) is 8.78 Å². The van der Waals surface area contributed by atoms with Gasteiger partial charge in [0.1, 0.15) is 6.10 Å². The molecule has 7 heteroatoms. The Hall–Kier alpha value is -1.79. The Morgan fingerprint density at radius 3 is 2.14 bits per heavy atom. The molecule has 2 unspecified atom stereocenters. The van der Waals surface area contributed by atoms with Gasteiger partial charge in [0.25, 0.3) is 5.92 Å². The summed E-state index contributed by atoms with van der Waals surface area (Å²) in [4.78, 5) is 42.1. The first-order valence-corrected chi connectivity index (χ1v) is 17.5. The number of Topliss-reactive ketones (excluding diaryl/α,β-unsaturated/α-hetero) is 1. The summed E-state index contributed by atoms with van der Waals surface area (Å²) >= 11 is 0. The average molecular weight is 614 g/mol. The molecular weight excluding hydrogens is 560 g/mol. The molecular formula is C37H53F2NO4. The van der Waals surface area contributed by atoms with Gasteiger partial charge in [-0.05, 0) is 108 Å². The number of fused-ring (bicyclic) bond motifs is 6. The molecule has 0 N–H and O–H groups in total. The molecule has 244 valence electrons. The van der Waals surface area contributed by atoms with Crippen LogP contribution in [0.1, 0.15) is 126 Å². The molecule has 1 amide bonds. The van der Waals surface area contributed by atoms with Gasteiger partial charge in [0.15, 0.2) is 5.78 Å². The minimum absolute atomic E-state index is 0.00339. The van der Waals surface area contributed by atoms with Crippen molar-refractivity contribution in [2.75, 3.05) is 13.1 Å². The minimum Gasteiger partial charge on any atom is -0.462 e. The molecule has 1 aliphatic heterocycles. The lowest BCUT2D eigenvalue weighted by Crippen LogP contribution is -2.65. The number of ketones is 1. The van der Waals surface area contributed by atoms with E-state index in [1.807, 2.05) is 0 Å². The van der Waals surface area contributed by atoms with Gasteiger partial charge in [-0.3, -0.25) is 14.4 Å². The quantitative estimate of drug-likeness (QED) is 0.304. The number of esters is 1. The van der Waals surface area contributed by atoms with Crippen LogP contribution in [0, 0.1) is 50.2 Å². The molecule has 0 aromatic heterocycles. The van der Waals surface area contributed by atoms with E-state index in [1.54, 1.807) is 4.90 Å². The molecule has 5 nitrogen and oxygen atoms in total. The van der Waals surface area contributed by atoms with Crippen LogP contribution < -0.4 is 0 Å². The summed E-state index contributed by atoms with van der Waals surface area (Å²) in [5.74, 6) is -2.14. The van der Waals surface area contributed by atoms with Gasteiger partial charge in [0.2, 0.25) is 5.91 Å². The molecule has 0 aromatic carbocycles. The Morgan fingerprint density at radius 1 is 0.841 bits per heavy atom. The molecule has 1 spiro atoms. The van der Waals surface area contributed by atoms with Gasteiger partial charge in [-0.25, -0.2) is 8.78 Å². The van der Waals surface area contributed by atoms with Crippen LogP contribution >= 0.6 is 0 Å². The number of alkyl halides is 2. The third-order valence-corrected chi connectivity index (χ3v) is 15.9. The predicted molar refractivity (Wildman–Crippen MR) is 164 cm³/mol. The van der Waals surface area contributed by atoms with Crippen LogP contribution in [0.15, 0.2) is 11.1 Å². The molecule has 1 saturated heterocycles. The van der Waals surface area contributed by atoms with Crippen molar-refractivity contribution in [1.29, 1.82) is 0 Å². The minimum atomic E-state index is -2.72. The summed E-state index contributed by atoms with van der Waals surface area (Å²) in [5, 5.41) is 0. The third kappa shape index (κ3) is 3.59. The highest BCUT2D eigenvalue weighted by atomic mass is 19.3. The van der Waals surface area contributed by atoms with Gasteiger partial charge in [-0.15, -0.1) is 0 Å². The van der Waals surface area contributed by atoms with Crippen molar-refractivity contribution in [3.05, 3.63) is 11.1 Å². The zero-order valence-electron chi connectivity index (χ0n) is 28.0. The number of halogens is 2. The van der Waals surface area contributed by atoms with Crippen LogP contribution in [0.3, 0.4) is 0 Å². The third-order valence-electron chi connectivity index (χ3n) is 15.9. The van der Waals surface area contributed by atoms with Crippen LogP contribution in [-0.4, -0.2) is 47.7 Å². The van der Waals surface area contributed by atoms with Crippen molar-refractivity contribution in [2.45, 2.75) is 138 Å². The van der Waals surface area contributed by atoms with Gasteiger partial charge in [-0.2, -0.15) is 0 Å². The lowest BCUT2D eigenvalue weighted by atomic mass is 9.33. The maximum Gasteiger partial charge on any atom is 0.302 e. The van der Waals surface area contributed by atoms with Gasteiger partial charge in [0.05, 0.1) is 5.41 Å². The number of hydrogen-bond acceptors (Lipinski definition) is 4. The first kappa shape index (κ1) is 30.8. The number of rotatable bonds is 3. The molecule has 0 radical (unpaired) electrons. The zero-order chi connectivity index (χ0) is 31.9. The van der Waals surface area contributed by atoms with E-state index in [4.69, 9.17) is 4.74 Å². The van der Waals surface area contributed by atoms with E-state index in [1.165, 1.54) is 6.92 Å². The monoisotopic (exact) mass is 613 g/mol. The molecule has 7 aliphatic rings. The lowest BCUT2D eigenvalue weighted by Gasteiger charge is -2.71. The fraction of sp³-hybridized carbons (Fsp3) is 0.865. The second kappa shape index (κ2) is 9.18. The summed E-state index contributed by atoms with van der Waals surface area (Å²) < 4.78 is 34.2. The molecule has 5 saturated carbocycles. The fourth-order valence-electron chi connectivity index (χ4n) is 13.4. The maximum atomic E-state index is 14.5. The number of hydrogen-bond donors (Lipinski definition) is 0. The lowest BCUT2D eigenvalue weighted by molar-refractivity contribution is -0.218. The van der Waals surface area contributed by atoms with E-state index < -0.39 is 11.3 Å². The van der Waals surface area contributed by atoms with Gasteiger partial charge < -0.3 is 9.64 Å². The topological polar surface area (TPSA) is 63.7 Å². The van der Waals surface area contributed by atoms with Crippen molar-refractivity contribution in [2.24, 2.45) is 50.2 Å². The number of likely N-dealkylation sites (tertiary alicyclic amines) is 1. The number of nitrogens with zero attached hydrogens (tertiary/aromatic N) is 1. The highest BCUT2D eigenvalue weighted by Gasteiger charge is 2.82. The van der Waals surface area contributed by atoms with Crippen LogP contribution in [0.5, 0.6) is 0 Å². The zero-order valence-corrected chi connectivity index (χ0v) is 28.0. The number of allylic oxidation sites excluding steroid dienone is 1. The van der Waals surface area contributed by atoms with Crippen LogP contribution in [0.2, 0.25) is 0 Å². The van der Waals surface area contributed by atoms with E-state index >= 15 is 0 Å².